The van der Waals surface area contributed by atoms with E-state index in [-0.39, 0.29) is 18.1 Å². The highest BCUT2D eigenvalue weighted by Gasteiger charge is 2.36. The summed E-state index contributed by atoms with van der Waals surface area (Å²) < 4.78 is 13.5. The molecular weight excluding hydrogens is 306 g/mol. The Kier molecular flexibility index (Phi) is 4.22. The number of fused-ring (bicyclic) bond motifs is 1. The highest BCUT2D eigenvalue weighted by Crippen LogP contribution is 2.32. The van der Waals surface area contributed by atoms with Crippen LogP contribution in [0.15, 0.2) is 36.7 Å². The van der Waals surface area contributed by atoms with E-state index in [0.717, 1.165) is 5.82 Å². The molecule has 0 bridgehead atoms. The molecule has 6 nitrogen and oxygen atoms in total. The van der Waals surface area contributed by atoms with Crippen molar-refractivity contribution in [3.05, 3.63) is 42.5 Å². The van der Waals surface area contributed by atoms with Crippen molar-refractivity contribution in [2.45, 2.75) is 39.0 Å². The number of amides is 1. The fraction of sp³-hybridized carbons (Fsp3) is 0.444. The average Bonchev–Trinajstić information content (AvgIpc) is 2.95. The second-order valence-electron chi connectivity index (χ2n) is 6.91. The van der Waals surface area contributed by atoms with E-state index in [1.807, 2.05) is 62.8 Å². The zero-order valence-electron chi connectivity index (χ0n) is 14.5. The summed E-state index contributed by atoms with van der Waals surface area (Å²) in [6.45, 7) is 6.65. The molecule has 0 spiro atoms. The summed E-state index contributed by atoms with van der Waals surface area (Å²) in [5.41, 5.74) is -0.358. The molecule has 0 fully saturated rings. The van der Waals surface area contributed by atoms with E-state index in [4.69, 9.17) is 9.47 Å². The van der Waals surface area contributed by atoms with Gasteiger partial charge in [-0.25, -0.2) is 4.98 Å². The van der Waals surface area contributed by atoms with Crippen LogP contribution in [0.1, 0.15) is 26.6 Å². The van der Waals surface area contributed by atoms with Crippen LogP contribution in [-0.2, 0) is 18.4 Å². The van der Waals surface area contributed by atoms with E-state index in [1.54, 1.807) is 11.1 Å². The molecule has 128 valence electrons. The Balaban J connectivity index is 1.81. The minimum Gasteiger partial charge on any atom is -0.485 e. The fourth-order valence-corrected chi connectivity index (χ4v) is 2.65. The van der Waals surface area contributed by atoms with Crippen LogP contribution in [0.4, 0.5) is 0 Å². The number of ether oxygens (including phenoxy) is 2. The monoisotopic (exact) mass is 329 g/mol. The van der Waals surface area contributed by atoms with Crippen LogP contribution < -0.4 is 9.47 Å². The first-order valence-electron chi connectivity index (χ1n) is 8.02. The number of benzene rings is 1. The number of imidazole rings is 1. The molecule has 1 aliphatic rings. The molecule has 1 atom stereocenters. The van der Waals surface area contributed by atoms with E-state index >= 15 is 0 Å². The van der Waals surface area contributed by atoms with Gasteiger partial charge in [0.1, 0.15) is 12.4 Å². The van der Waals surface area contributed by atoms with Crippen LogP contribution in [0.3, 0.4) is 0 Å². The molecule has 2 heterocycles. The zero-order chi connectivity index (χ0) is 17.3. The number of nitrogens with zero attached hydrogens (tertiary/aromatic N) is 3. The third-order valence-corrected chi connectivity index (χ3v) is 4.08. The highest BCUT2D eigenvalue weighted by atomic mass is 16.6. The van der Waals surface area contributed by atoms with Crippen molar-refractivity contribution >= 4 is 5.91 Å². The molecule has 0 aliphatic carbocycles. The molecule has 0 N–H and O–H groups in total. The maximum Gasteiger partial charge on any atom is 0.268 e. The largest absolute Gasteiger partial charge is 0.485 e. The number of carbonyl (C=O) groups excluding carboxylic acids is 1. The maximum absolute atomic E-state index is 13.1. The van der Waals surface area contributed by atoms with Gasteiger partial charge < -0.3 is 18.9 Å². The first-order chi connectivity index (χ1) is 11.4. The predicted molar refractivity (Wildman–Crippen MR) is 89.9 cm³/mol. The van der Waals surface area contributed by atoms with Gasteiger partial charge in [0, 0.05) is 25.0 Å². The normalized spacial score (nSPS) is 16.8. The van der Waals surface area contributed by atoms with Crippen LogP contribution in [0.2, 0.25) is 0 Å². The molecule has 1 aromatic carbocycles. The molecular formula is C18H23N3O3. The molecule has 1 amide bonds. The summed E-state index contributed by atoms with van der Waals surface area (Å²) in [7, 11) is 1.92. The Bertz CT molecular complexity index is 733. The average molecular weight is 329 g/mol. The first-order valence-corrected chi connectivity index (χ1v) is 8.02. The maximum atomic E-state index is 13.1. The molecule has 24 heavy (non-hydrogen) atoms. The third kappa shape index (κ3) is 3.22. The Hall–Kier alpha value is -2.50. The van der Waals surface area contributed by atoms with E-state index in [9.17, 15) is 4.79 Å². The van der Waals surface area contributed by atoms with Crippen molar-refractivity contribution in [3.63, 3.8) is 0 Å². The fourth-order valence-electron chi connectivity index (χ4n) is 2.65. The summed E-state index contributed by atoms with van der Waals surface area (Å²) in [5.74, 6) is 2.01. The van der Waals surface area contributed by atoms with Crippen LogP contribution in [0.25, 0.3) is 0 Å². The van der Waals surface area contributed by atoms with E-state index < -0.39 is 6.10 Å². The zero-order valence-corrected chi connectivity index (χ0v) is 14.5. The van der Waals surface area contributed by atoms with Gasteiger partial charge in [0.25, 0.3) is 5.91 Å². The standard InChI is InChI=1S/C18H23N3O3/c1-18(2,3)21(11-16-19-9-10-20(16)4)17(22)15-12-23-13-7-5-6-8-14(13)24-15/h5-10,15H,11-12H2,1-4H3/t15-/m1/s1. The van der Waals surface area contributed by atoms with Gasteiger partial charge in [0.05, 0.1) is 6.54 Å². The molecule has 1 aliphatic heterocycles. The van der Waals surface area contributed by atoms with Crippen molar-refractivity contribution in [1.29, 1.82) is 0 Å². The Morgan fingerprint density at radius 1 is 1.33 bits per heavy atom. The topological polar surface area (TPSA) is 56.6 Å². The van der Waals surface area contributed by atoms with E-state index in [2.05, 4.69) is 4.98 Å². The van der Waals surface area contributed by atoms with Crippen molar-refractivity contribution in [2.24, 2.45) is 7.05 Å². The summed E-state index contributed by atoms with van der Waals surface area (Å²) in [6, 6.07) is 7.40. The van der Waals surface area contributed by atoms with Crippen molar-refractivity contribution in [2.75, 3.05) is 6.61 Å². The van der Waals surface area contributed by atoms with Crippen LogP contribution in [0, 0.1) is 0 Å². The molecule has 6 heteroatoms. The van der Waals surface area contributed by atoms with Crippen LogP contribution in [0.5, 0.6) is 11.5 Å². The Morgan fingerprint density at radius 2 is 2.04 bits per heavy atom. The molecule has 2 aromatic rings. The lowest BCUT2D eigenvalue weighted by atomic mass is 10.0. The molecule has 0 radical (unpaired) electrons. The number of carbonyl (C=O) groups is 1. The van der Waals surface area contributed by atoms with Crippen LogP contribution >= 0.6 is 0 Å². The van der Waals surface area contributed by atoms with Gasteiger partial charge in [-0.15, -0.1) is 0 Å². The summed E-state index contributed by atoms with van der Waals surface area (Å²) in [6.07, 6.45) is 2.95. The third-order valence-electron chi connectivity index (χ3n) is 4.08. The number of hydrogen-bond donors (Lipinski definition) is 0. The van der Waals surface area contributed by atoms with Crippen molar-refractivity contribution in [1.82, 2.24) is 14.5 Å². The predicted octanol–water partition coefficient (Wildman–Crippen LogP) is 2.39. The summed E-state index contributed by atoms with van der Waals surface area (Å²) >= 11 is 0. The first kappa shape index (κ1) is 16.4. The van der Waals surface area contributed by atoms with Crippen molar-refractivity contribution in [3.8, 4) is 11.5 Å². The number of aromatic nitrogens is 2. The lowest BCUT2D eigenvalue weighted by Gasteiger charge is -2.38. The lowest BCUT2D eigenvalue weighted by molar-refractivity contribution is -0.147. The van der Waals surface area contributed by atoms with Gasteiger partial charge in [-0.05, 0) is 32.9 Å². The number of aryl methyl sites for hydroxylation is 1. The summed E-state index contributed by atoms with van der Waals surface area (Å²) in [5, 5.41) is 0. The number of para-hydroxylation sites is 2. The second-order valence-corrected chi connectivity index (χ2v) is 6.91. The molecule has 0 saturated heterocycles. The number of hydrogen-bond acceptors (Lipinski definition) is 4. The van der Waals surface area contributed by atoms with Gasteiger partial charge >= 0.3 is 0 Å². The molecule has 0 unspecified atom stereocenters. The highest BCUT2D eigenvalue weighted by molar-refractivity contribution is 5.82. The Labute approximate surface area is 142 Å². The SMILES string of the molecule is Cn1ccnc1CN(C(=O)[C@H]1COc2ccccc2O1)C(C)(C)C. The minimum atomic E-state index is -0.653. The van der Waals surface area contributed by atoms with Crippen LogP contribution in [-0.4, -0.2) is 38.6 Å². The molecule has 3 rings (SSSR count). The molecule has 0 saturated carbocycles. The van der Waals surface area contributed by atoms with Crippen molar-refractivity contribution < 1.29 is 14.3 Å². The second kappa shape index (κ2) is 6.19. The quantitative estimate of drug-likeness (QED) is 0.867. The van der Waals surface area contributed by atoms with Gasteiger partial charge in [0.15, 0.2) is 11.5 Å². The van der Waals surface area contributed by atoms with E-state index in [0.29, 0.717) is 18.0 Å². The van der Waals surface area contributed by atoms with E-state index in [1.165, 1.54) is 0 Å². The summed E-state index contributed by atoms with van der Waals surface area (Å²) in [4.78, 5) is 19.2. The van der Waals surface area contributed by atoms with Gasteiger partial charge in [-0.3, -0.25) is 4.79 Å². The van der Waals surface area contributed by atoms with Gasteiger partial charge in [-0.2, -0.15) is 0 Å². The minimum absolute atomic E-state index is 0.0972. The van der Waals surface area contributed by atoms with Gasteiger partial charge in [0.2, 0.25) is 6.10 Å². The Morgan fingerprint density at radius 3 is 2.67 bits per heavy atom. The smallest absolute Gasteiger partial charge is 0.268 e. The van der Waals surface area contributed by atoms with Gasteiger partial charge in [-0.1, -0.05) is 12.1 Å². The molecule has 1 aromatic heterocycles. The number of rotatable bonds is 3. The lowest BCUT2D eigenvalue weighted by Crippen LogP contribution is -2.53.